The van der Waals surface area contributed by atoms with Gasteiger partial charge in [0.25, 0.3) is 5.91 Å². The van der Waals surface area contributed by atoms with Crippen LogP contribution < -0.4 is 11.1 Å². The maximum Gasteiger partial charge on any atom is 0.254 e. The van der Waals surface area contributed by atoms with E-state index in [1.54, 1.807) is 23.8 Å². The molecule has 2 aromatic heterocycles. The molecule has 2 rings (SSSR count). The van der Waals surface area contributed by atoms with Crippen LogP contribution in [0.3, 0.4) is 0 Å². The van der Waals surface area contributed by atoms with E-state index in [1.807, 2.05) is 12.1 Å². The van der Waals surface area contributed by atoms with E-state index in [-0.39, 0.29) is 5.91 Å². The molecule has 0 saturated heterocycles. The van der Waals surface area contributed by atoms with Gasteiger partial charge in [-0.3, -0.25) is 9.78 Å². The molecule has 0 saturated carbocycles. The predicted molar refractivity (Wildman–Crippen MR) is 64.1 cm³/mol. The van der Waals surface area contributed by atoms with Gasteiger partial charge in [0, 0.05) is 18.9 Å². The Bertz CT molecular complexity index is 481. The smallest absolute Gasteiger partial charge is 0.254 e. The van der Waals surface area contributed by atoms with Gasteiger partial charge in [-0.2, -0.15) is 0 Å². The minimum atomic E-state index is -0.143. The Balaban J connectivity index is 1.97. The lowest BCUT2D eigenvalue weighted by Gasteiger charge is -2.04. The van der Waals surface area contributed by atoms with Crippen LogP contribution in [0.4, 0.5) is 5.00 Å². The van der Waals surface area contributed by atoms with Crippen molar-refractivity contribution in [3.63, 3.8) is 0 Å². The summed E-state index contributed by atoms with van der Waals surface area (Å²) in [5.41, 5.74) is 7.21. The van der Waals surface area contributed by atoms with Gasteiger partial charge < -0.3 is 11.1 Å². The molecule has 5 heteroatoms. The number of carbonyl (C=O) groups is 1. The lowest BCUT2D eigenvalue weighted by Crippen LogP contribution is -2.22. The number of amides is 1. The summed E-state index contributed by atoms with van der Waals surface area (Å²) in [7, 11) is 0. The van der Waals surface area contributed by atoms with E-state index in [0.717, 1.165) is 5.56 Å². The second-order valence-electron chi connectivity index (χ2n) is 3.24. The molecule has 0 bridgehead atoms. The molecule has 0 aliphatic rings. The van der Waals surface area contributed by atoms with Crippen LogP contribution in [0.15, 0.2) is 36.0 Å². The summed E-state index contributed by atoms with van der Waals surface area (Å²) in [5.74, 6) is -0.143. The van der Waals surface area contributed by atoms with Crippen LogP contribution in [0.2, 0.25) is 0 Å². The molecule has 0 radical (unpaired) electrons. The first kappa shape index (κ1) is 10.6. The highest BCUT2D eigenvalue weighted by Gasteiger charge is 2.09. The Labute approximate surface area is 97.1 Å². The van der Waals surface area contributed by atoms with Crippen molar-refractivity contribution in [1.29, 1.82) is 0 Å². The lowest BCUT2D eigenvalue weighted by atomic mass is 10.2. The van der Waals surface area contributed by atoms with Gasteiger partial charge in [-0.1, -0.05) is 0 Å². The summed E-state index contributed by atoms with van der Waals surface area (Å²) >= 11 is 1.36. The molecular weight excluding hydrogens is 222 g/mol. The molecule has 2 heterocycles. The molecule has 2 aromatic rings. The molecule has 4 nitrogen and oxygen atoms in total. The Morgan fingerprint density at radius 2 is 2.12 bits per heavy atom. The van der Waals surface area contributed by atoms with Crippen molar-refractivity contribution in [2.24, 2.45) is 0 Å². The van der Waals surface area contributed by atoms with Gasteiger partial charge in [0.05, 0.1) is 10.6 Å². The average Bonchev–Trinajstić information content (AvgIpc) is 2.74. The van der Waals surface area contributed by atoms with Crippen LogP contribution in [-0.4, -0.2) is 10.9 Å². The number of anilines is 1. The van der Waals surface area contributed by atoms with Gasteiger partial charge >= 0.3 is 0 Å². The number of aromatic nitrogens is 1. The zero-order valence-corrected chi connectivity index (χ0v) is 9.33. The maximum absolute atomic E-state index is 11.7. The van der Waals surface area contributed by atoms with Crippen LogP contribution in [0.25, 0.3) is 0 Å². The van der Waals surface area contributed by atoms with Gasteiger partial charge in [-0.05, 0) is 29.1 Å². The zero-order valence-electron chi connectivity index (χ0n) is 8.51. The van der Waals surface area contributed by atoms with Crippen LogP contribution >= 0.6 is 11.3 Å². The minimum Gasteiger partial charge on any atom is -0.390 e. The Morgan fingerprint density at radius 3 is 2.75 bits per heavy atom. The van der Waals surface area contributed by atoms with E-state index < -0.39 is 0 Å². The van der Waals surface area contributed by atoms with Gasteiger partial charge in [0.1, 0.15) is 0 Å². The molecule has 1 amide bonds. The van der Waals surface area contributed by atoms with E-state index in [1.165, 1.54) is 11.3 Å². The summed E-state index contributed by atoms with van der Waals surface area (Å²) < 4.78 is 0. The number of nitrogen functional groups attached to an aromatic ring is 1. The maximum atomic E-state index is 11.7. The predicted octanol–water partition coefficient (Wildman–Crippen LogP) is 1.66. The lowest BCUT2D eigenvalue weighted by molar-refractivity contribution is 0.0952. The Morgan fingerprint density at radius 1 is 1.38 bits per heavy atom. The highest BCUT2D eigenvalue weighted by Crippen LogP contribution is 2.18. The van der Waals surface area contributed by atoms with E-state index >= 15 is 0 Å². The third-order valence-electron chi connectivity index (χ3n) is 2.14. The number of rotatable bonds is 3. The van der Waals surface area contributed by atoms with Gasteiger partial charge in [0.15, 0.2) is 0 Å². The summed E-state index contributed by atoms with van der Waals surface area (Å²) in [6.45, 7) is 0.483. The Kier molecular flexibility index (Phi) is 3.16. The number of hydrogen-bond donors (Lipinski definition) is 2. The second-order valence-corrected chi connectivity index (χ2v) is 4.18. The minimum absolute atomic E-state index is 0.143. The van der Waals surface area contributed by atoms with Crippen LogP contribution in [0.1, 0.15) is 15.9 Å². The third kappa shape index (κ3) is 2.38. The van der Waals surface area contributed by atoms with Crippen LogP contribution in [0.5, 0.6) is 0 Å². The average molecular weight is 233 g/mol. The molecule has 0 atom stereocenters. The summed E-state index contributed by atoms with van der Waals surface area (Å²) in [5, 5.41) is 5.15. The molecule has 0 fully saturated rings. The van der Waals surface area contributed by atoms with Crippen LogP contribution in [-0.2, 0) is 6.54 Å². The fraction of sp³-hybridized carbons (Fsp3) is 0.0909. The number of nitrogens with two attached hydrogens (primary N) is 1. The van der Waals surface area contributed by atoms with Gasteiger partial charge in [0.2, 0.25) is 0 Å². The monoisotopic (exact) mass is 233 g/mol. The summed E-state index contributed by atoms with van der Waals surface area (Å²) in [4.78, 5) is 15.6. The molecule has 0 aliphatic carbocycles. The van der Waals surface area contributed by atoms with Crippen molar-refractivity contribution in [1.82, 2.24) is 10.3 Å². The highest BCUT2D eigenvalue weighted by molar-refractivity contribution is 7.14. The van der Waals surface area contributed by atoms with Crippen molar-refractivity contribution in [3.05, 3.63) is 47.1 Å². The first-order valence-corrected chi connectivity index (χ1v) is 5.65. The second kappa shape index (κ2) is 4.76. The molecule has 0 spiro atoms. The van der Waals surface area contributed by atoms with E-state index in [0.29, 0.717) is 17.1 Å². The fourth-order valence-electron chi connectivity index (χ4n) is 1.29. The first-order chi connectivity index (χ1) is 7.77. The third-order valence-corrected chi connectivity index (χ3v) is 2.89. The van der Waals surface area contributed by atoms with Crippen LogP contribution in [0, 0.1) is 0 Å². The summed E-state index contributed by atoms with van der Waals surface area (Å²) in [6, 6.07) is 5.44. The number of hydrogen-bond acceptors (Lipinski definition) is 4. The zero-order chi connectivity index (χ0) is 11.4. The normalized spacial score (nSPS) is 10.0. The van der Waals surface area contributed by atoms with Crippen molar-refractivity contribution in [2.45, 2.75) is 6.54 Å². The molecule has 0 unspecified atom stereocenters. The fourth-order valence-corrected chi connectivity index (χ4v) is 1.93. The van der Waals surface area contributed by atoms with E-state index in [9.17, 15) is 4.79 Å². The topological polar surface area (TPSA) is 68.0 Å². The summed E-state index contributed by atoms with van der Waals surface area (Å²) in [6.07, 6.45) is 3.39. The van der Waals surface area contributed by atoms with E-state index in [2.05, 4.69) is 10.3 Å². The molecule has 0 aromatic carbocycles. The number of pyridine rings is 1. The van der Waals surface area contributed by atoms with Gasteiger partial charge in [-0.15, -0.1) is 11.3 Å². The molecule has 0 aliphatic heterocycles. The van der Waals surface area contributed by atoms with Gasteiger partial charge in [-0.25, -0.2) is 0 Å². The first-order valence-electron chi connectivity index (χ1n) is 4.77. The largest absolute Gasteiger partial charge is 0.390 e. The number of nitrogens with one attached hydrogen (secondary N) is 1. The van der Waals surface area contributed by atoms with Crippen molar-refractivity contribution in [2.75, 3.05) is 5.73 Å². The van der Waals surface area contributed by atoms with Crippen molar-refractivity contribution < 1.29 is 4.79 Å². The quantitative estimate of drug-likeness (QED) is 0.847. The number of nitrogens with zero attached hydrogens (tertiary/aromatic N) is 1. The standard InChI is InChI=1S/C11H11N3OS/c12-10-9(3-6-16-10)11(15)14-7-8-1-4-13-5-2-8/h1-6H,7,12H2,(H,14,15). The van der Waals surface area contributed by atoms with E-state index in [4.69, 9.17) is 5.73 Å². The van der Waals surface area contributed by atoms with Crippen molar-refractivity contribution in [3.8, 4) is 0 Å². The molecule has 82 valence electrons. The molecular formula is C11H11N3OS. The molecule has 16 heavy (non-hydrogen) atoms. The highest BCUT2D eigenvalue weighted by atomic mass is 32.1. The Hall–Kier alpha value is -1.88. The number of carbonyl (C=O) groups excluding carboxylic acids is 1. The molecule has 3 N–H and O–H groups in total. The number of thiophene rings is 1. The van der Waals surface area contributed by atoms with Crippen molar-refractivity contribution >= 4 is 22.2 Å². The SMILES string of the molecule is Nc1sccc1C(=O)NCc1ccncc1.